The summed E-state index contributed by atoms with van der Waals surface area (Å²) in [6, 6.07) is 11.8. The Morgan fingerprint density at radius 3 is 2.42 bits per heavy atom. The van der Waals surface area contributed by atoms with E-state index in [4.69, 9.17) is 0 Å². The molecule has 1 unspecified atom stereocenters. The van der Waals surface area contributed by atoms with Crippen LogP contribution in [0.3, 0.4) is 0 Å². The molecule has 0 spiro atoms. The third-order valence-corrected chi connectivity index (χ3v) is 3.79. The molecule has 0 N–H and O–H groups in total. The van der Waals surface area contributed by atoms with Gasteiger partial charge in [-0.3, -0.25) is 5.04 Å². The Morgan fingerprint density at radius 1 is 1.08 bits per heavy atom. The van der Waals surface area contributed by atoms with Crippen molar-refractivity contribution in [2.75, 3.05) is 0 Å². The minimum atomic E-state index is -5.67. The minimum absolute atomic E-state index is 0.386. The van der Waals surface area contributed by atoms with Crippen molar-refractivity contribution in [3.05, 3.63) is 48.0 Å². The van der Waals surface area contributed by atoms with Gasteiger partial charge in [-0.15, -0.1) is 0 Å². The molecule has 0 saturated carbocycles. The molecule has 5 nitrogen and oxygen atoms in total. The molecule has 0 bridgehead atoms. The van der Waals surface area contributed by atoms with Crippen LogP contribution in [0, 0.1) is 0 Å². The Bertz CT molecular complexity index is 718. The van der Waals surface area contributed by atoms with E-state index in [0.29, 0.717) is 10.9 Å². The molecular formula is C14H9F4O5S-. The molecule has 130 valence electrons. The number of rotatable bonds is 6. The number of halogens is 4. The zero-order chi connectivity index (χ0) is 17.8. The van der Waals surface area contributed by atoms with E-state index in [1.54, 1.807) is 36.4 Å². The number of fused-ring (bicyclic) bond motifs is 1. The minimum Gasteiger partial charge on any atom is -0.691 e. The number of benzene rings is 2. The maximum absolute atomic E-state index is 13.9. The van der Waals surface area contributed by atoms with Gasteiger partial charge in [-0.25, -0.2) is 9.18 Å². The second-order valence-electron chi connectivity index (χ2n) is 4.53. The summed E-state index contributed by atoms with van der Waals surface area (Å²) < 4.78 is 59.8. The highest BCUT2D eigenvalue weighted by Crippen LogP contribution is 2.44. The van der Waals surface area contributed by atoms with Gasteiger partial charge in [0.05, 0.1) is 12.0 Å². The number of carbonyl (C=O) groups excluding carboxylic acids is 1. The number of alkyl halides is 4. The molecular weight excluding hydrogens is 356 g/mol. The van der Waals surface area contributed by atoms with Crippen molar-refractivity contribution in [3.8, 4) is 0 Å². The molecule has 1 atom stereocenters. The predicted octanol–water partition coefficient (Wildman–Crippen LogP) is 2.98. The molecule has 0 amide bonds. The molecule has 0 heterocycles. The zero-order valence-corrected chi connectivity index (χ0v) is 12.5. The van der Waals surface area contributed by atoms with Crippen LogP contribution in [-0.4, -0.2) is 17.1 Å². The van der Waals surface area contributed by atoms with Gasteiger partial charge in [0.1, 0.15) is 6.61 Å². The van der Waals surface area contributed by atoms with E-state index >= 15 is 0 Å². The number of ether oxygens (including phenoxy) is 1. The lowest BCUT2D eigenvalue weighted by Crippen LogP contribution is -2.46. The first-order valence-electron chi connectivity index (χ1n) is 6.33. The van der Waals surface area contributed by atoms with Crippen molar-refractivity contribution in [1.29, 1.82) is 0 Å². The summed E-state index contributed by atoms with van der Waals surface area (Å²) in [5, 5.41) is 9.10. The standard InChI is InChI=1S/C14H10F4O5S/c15-13(14(16,17)18,24-23-22-20)12(19)21-8-10-6-3-5-9-4-1-2-7-11(9)10/h1-7,20H,8H2/p-1. The van der Waals surface area contributed by atoms with Gasteiger partial charge in [0, 0.05) is 0 Å². The van der Waals surface area contributed by atoms with Gasteiger partial charge < -0.3 is 9.99 Å². The van der Waals surface area contributed by atoms with Gasteiger partial charge in [-0.05, 0) is 16.3 Å². The Hall–Kier alpha value is -1.88. The monoisotopic (exact) mass is 365 g/mol. The van der Waals surface area contributed by atoms with Crippen molar-refractivity contribution < 1.29 is 41.7 Å². The summed E-state index contributed by atoms with van der Waals surface area (Å²) in [4.78, 5) is 11.6. The summed E-state index contributed by atoms with van der Waals surface area (Å²) in [7, 11) is 0. The highest BCUT2D eigenvalue weighted by molar-refractivity contribution is 7.96. The van der Waals surface area contributed by atoms with Crippen LogP contribution < -0.4 is 5.26 Å². The zero-order valence-electron chi connectivity index (χ0n) is 11.7. The summed E-state index contributed by atoms with van der Waals surface area (Å²) in [5.74, 6) is -2.26. The lowest BCUT2D eigenvalue weighted by atomic mass is 10.1. The first-order valence-corrected chi connectivity index (χ1v) is 7.07. The molecule has 0 saturated heterocycles. The SMILES string of the molecule is O=C(OCc1cccc2ccccc12)C(F)(SOO[O-])C(F)(F)F. The average Bonchev–Trinajstić information content (AvgIpc) is 2.56. The quantitative estimate of drug-likeness (QED) is 0.258. The summed E-state index contributed by atoms with van der Waals surface area (Å²) in [6.07, 6.45) is -5.67. The van der Waals surface area contributed by atoms with Gasteiger partial charge in [0.2, 0.25) is 0 Å². The van der Waals surface area contributed by atoms with E-state index in [1.807, 2.05) is 0 Å². The molecule has 0 aliphatic heterocycles. The average molecular weight is 365 g/mol. The summed E-state index contributed by atoms with van der Waals surface area (Å²) in [5.41, 5.74) is 0.386. The lowest BCUT2D eigenvalue weighted by molar-refractivity contribution is -0.777. The van der Waals surface area contributed by atoms with Crippen LogP contribution in [0.1, 0.15) is 5.56 Å². The number of carbonyl (C=O) groups is 1. The molecule has 0 radical (unpaired) electrons. The van der Waals surface area contributed by atoms with Crippen molar-refractivity contribution >= 4 is 28.8 Å². The van der Waals surface area contributed by atoms with Gasteiger partial charge in [-0.1, -0.05) is 42.5 Å². The van der Waals surface area contributed by atoms with E-state index in [2.05, 4.69) is 14.1 Å². The molecule has 2 aromatic rings. The van der Waals surface area contributed by atoms with Crippen LogP contribution in [0.15, 0.2) is 42.5 Å². The summed E-state index contributed by atoms with van der Waals surface area (Å²) in [6.45, 7) is -0.596. The molecule has 2 rings (SSSR count). The fraction of sp³-hybridized carbons (Fsp3) is 0.214. The second-order valence-corrected chi connectivity index (χ2v) is 5.39. The molecule has 0 aliphatic carbocycles. The van der Waals surface area contributed by atoms with Gasteiger partial charge >= 0.3 is 17.1 Å². The first kappa shape index (κ1) is 18.5. The van der Waals surface area contributed by atoms with Crippen molar-refractivity contribution in [1.82, 2.24) is 0 Å². The van der Waals surface area contributed by atoms with E-state index in [-0.39, 0.29) is 0 Å². The fourth-order valence-corrected chi connectivity index (χ4v) is 2.26. The van der Waals surface area contributed by atoms with Crippen LogP contribution in [0.2, 0.25) is 0 Å². The third kappa shape index (κ3) is 3.78. The van der Waals surface area contributed by atoms with E-state index < -0.39 is 35.8 Å². The lowest BCUT2D eigenvalue weighted by Gasteiger charge is -2.24. The van der Waals surface area contributed by atoms with Gasteiger partial charge in [0.15, 0.2) is 0 Å². The number of hydrogen-bond acceptors (Lipinski definition) is 6. The van der Waals surface area contributed by atoms with Crippen molar-refractivity contribution in [2.45, 2.75) is 17.8 Å². The largest absolute Gasteiger partial charge is 0.691 e. The molecule has 2 aromatic carbocycles. The normalized spacial score (nSPS) is 14.4. The first-order chi connectivity index (χ1) is 11.3. The highest BCUT2D eigenvalue weighted by atomic mass is 32.2. The van der Waals surface area contributed by atoms with Crippen molar-refractivity contribution in [3.63, 3.8) is 0 Å². The van der Waals surface area contributed by atoms with Crippen LogP contribution in [-0.2, 0) is 25.5 Å². The van der Waals surface area contributed by atoms with E-state index in [9.17, 15) is 27.6 Å². The van der Waals surface area contributed by atoms with E-state index in [0.717, 1.165) is 5.39 Å². The molecule has 10 heteroatoms. The van der Waals surface area contributed by atoms with Crippen LogP contribution in [0.5, 0.6) is 0 Å². The van der Waals surface area contributed by atoms with Crippen LogP contribution in [0.25, 0.3) is 10.8 Å². The topological polar surface area (TPSA) is 67.8 Å². The Balaban J connectivity index is 2.18. The third-order valence-electron chi connectivity index (χ3n) is 3.04. The van der Waals surface area contributed by atoms with Gasteiger partial charge in [0.25, 0.3) is 0 Å². The van der Waals surface area contributed by atoms with Gasteiger partial charge in [-0.2, -0.15) is 17.5 Å². The molecule has 0 aliphatic rings. The molecule has 0 aromatic heterocycles. The highest BCUT2D eigenvalue weighted by Gasteiger charge is 2.65. The Kier molecular flexibility index (Phi) is 5.65. The van der Waals surface area contributed by atoms with Crippen LogP contribution >= 0.6 is 12.0 Å². The van der Waals surface area contributed by atoms with E-state index in [1.165, 1.54) is 6.07 Å². The Labute approximate surface area is 137 Å². The maximum atomic E-state index is 13.9. The summed E-state index contributed by atoms with van der Waals surface area (Å²) >= 11 is -1.12. The predicted molar refractivity (Wildman–Crippen MR) is 73.4 cm³/mol. The van der Waals surface area contributed by atoms with Crippen LogP contribution in [0.4, 0.5) is 17.6 Å². The Morgan fingerprint density at radius 2 is 1.75 bits per heavy atom. The fourth-order valence-electron chi connectivity index (χ4n) is 1.91. The van der Waals surface area contributed by atoms with Crippen molar-refractivity contribution in [2.24, 2.45) is 0 Å². The number of esters is 1. The molecule has 0 fully saturated rings. The molecule has 24 heavy (non-hydrogen) atoms. The maximum Gasteiger partial charge on any atom is 0.446 e. The number of hydrogen-bond donors (Lipinski definition) is 0. The second kappa shape index (κ2) is 7.34. The smallest absolute Gasteiger partial charge is 0.446 e.